The van der Waals surface area contributed by atoms with Gasteiger partial charge < -0.3 is 9.80 Å². The monoisotopic (exact) mass is 318 g/mol. The molecule has 128 valence electrons. The topological polar surface area (TPSA) is 40.6 Å². The molecule has 0 spiro atoms. The molecular formula is C19H30N2O2. The molecule has 4 nitrogen and oxygen atoms in total. The van der Waals surface area contributed by atoms with Gasteiger partial charge >= 0.3 is 11.8 Å². The van der Waals surface area contributed by atoms with Crippen LogP contribution in [0.5, 0.6) is 0 Å². The van der Waals surface area contributed by atoms with Crippen molar-refractivity contribution in [1.29, 1.82) is 0 Å². The van der Waals surface area contributed by atoms with Gasteiger partial charge in [0.2, 0.25) is 0 Å². The number of unbranched alkanes of at least 4 members (excludes halogenated alkanes) is 2. The second-order valence-corrected chi connectivity index (χ2v) is 5.89. The highest BCUT2D eigenvalue weighted by atomic mass is 16.2. The van der Waals surface area contributed by atoms with E-state index in [9.17, 15) is 9.59 Å². The summed E-state index contributed by atoms with van der Waals surface area (Å²) in [5.41, 5.74) is 1.87. The Balaban J connectivity index is 2.90. The molecule has 2 amide bonds. The van der Waals surface area contributed by atoms with Crippen molar-refractivity contribution in [3.63, 3.8) is 0 Å². The van der Waals surface area contributed by atoms with Crippen molar-refractivity contribution < 1.29 is 9.59 Å². The quantitative estimate of drug-likeness (QED) is 0.684. The first kappa shape index (κ1) is 19.2. The van der Waals surface area contributed by atoms with Gasteiger partial charge in [-0.25, -0.2) is 0 Å². The zero-order chi connectivity index (χ0) is 17.2. The molecule has 1 aromatic rings. The van der Waals surface area contributed by atoms with E-state index in [0.717, 1.165) is 36.9 Å². The van der Waals surface area contributed by atoms with Gasteiger partial charge in [-0.15, -0.1) is 0 Å². The zero-order valence-corrected chi connectivity index (χ0v) is 15.0. The molecule has 0 aliphatic heterocycles. The van der Waals surface area contributed by atoms with Gasteiger partial charge in [0.25, 0.3) is 0 Å². The van der Waals surface area contributed by atoms with Crippen LogP contribution in [0, 0.1) is 6.92 Å². The van der Waals surface area contributed by atoms with Crippen molar-refractivity contribution in [1.82, 2.24) is 4.90 Å². The molecule has 0 atom stereocenters. The number of rotatable bonds is 8. The third kappa shape index (κ3) is 5.70. The Morgan fingerprint density at radius 1 is 0.957 bits per heavy atom. The number of hydrogen-bond acceptors (Lipinski definition) is 2. The van der Waals surface area contributed by atoms with Crippen LogP contribution in [0.15, 0.2) is 24.3 Å². The maximum Gasteiger partial charge on any atom is 0.316 e. The van der Waals surface area contributed by atoms with Crippen LogP contribution < -0.4 is 4.90 Å². The number of carbonyl (C=O) groups excluding carboxylic acids is 2. The molecule has 1 aromatic carbocycles. The summed E-state index contributed by atoms with van der Waals surface area (Å²) in [6.07, 6.45) is 3.89. The number of carbonyl (C=O) groups is 2. The molecule has 0 bridgehead atoms. The largest absolute Gasteiger partial charge is 0.334 e. The van der Waals surface area contributed by atoms with Gasteiger partial charge in [0, 0.05) is 25.3 Å². The molecular weight excluding hydrogens is 288 g/mol. The lowest BCUT2D eigenvalue weighted by molar-refractivity contribution is -0.144. The summed E-state index contributed by atoms with van der Waals surface area (Å²) < 4.78 is 0. The van der Waals surface area contributed by atoms with E-state index >= 15 is 0 Å². The molecule has 1 rings (SSSR count). The fourth-order valence-corrected chi connectivity index (χ4v) is 2.50. The number of anilines is 1. The molecule has 4 heteroatoms. The molecule has 0 fully saturated rings. The fourth-order valence-electron chi connectivity index (χ4n) is 2.50. The van der Waals surface area contributed by atoms with Crippen molar-refractivity contribution in [2.24, 2.45) is 0 Å². The minimum atomic E-state index is -0.426. The van der Waals surface area contributed by atoms with Gasteiger partial charge in [-0.3, -0.25) is 9.59 Å². The molecule has 0 saturated carbocycles. The highest BCUT2D eigenvalue weighted by molar-refractivity contribution is 6.40. The number of aryl methyl sites for hydroxylation is 1. The molecule has 0 heterocycles. The molecule has 0 aliphatic carbocycles. The van der Waals surface area contributed by atoms with Crippen molar-refractivity contribution in [3.05, 3.63) is 29.8 Å². The van der Waals surface area contributed by atoms with Crippen LogP contribution in [-0.2, 0) is 9.59 Å². The average molecular weight is 318 g/mol. The Kier molecular flexibility index (Phi) is 8.38. The minimum Gasteiger partial charge on any atom is -0.334 e. The van der Waals surface area contributed by atoms with E-state index in [1.165, 1.54) is 0 Å². The van der Waals surface area contributed by atoms with Crippen LogP contribution >= 0.6 is 0 Å². The van der Waals surface area contributed by atoms with E-state index in [-0.39, 0.29) is 5.91 Å². The molecule has 23 heavy (non-hydrogen) atoms. The van der Waals surface area contributed by atoms with Crippen LogP contribution in [0.4, 0.5) is 5.69 Å². The number of amides is 2. The van der Waals surface area contributed by atoms with Crippen LogP contribution in [0.2, 0.25) is 0 Å². The summed E-state index contributed by atoms with van der Waals surface area (Å²) in [7, 11) is 0. The first-order chi connectivity index (χ1) is 11.0. The lowest BCUT2D eigenvalue weighted by atomic mass is 10.2. The summed E-state index contributed by atoms with van der Waals surface area (Å²) >= 11 is 0. The summed E-state index contributed by atoms with van der Waals surface area (Å²) in [4.78, 5) is 28.6. The number of benzene rings is 1. The summed E-state index contributed by atoms with van der Waals surface area (Å²) in [5, 5.41) is 0. The van der Waals surface area contributed by atoms with Gasteiger partial charge in [-0.1, -0.05) is 38.8 Å². The molecule has 0 saturated heterocycles. The Labute approximate surface area is 140 Å². The van der Waals surface area contributed by atoms with Crippen LogP contribution in [-0.4, -0.2) is 36.3 Å². The van der Waals surface area contributed by atoms with E-state index < -0.39 is 5.91 Å². The van der Waals surface area contributed by atoms with Crippen molar-refractivity contribution in [2.75, 3.05) is 24.5 Å². The predicted molar refractivity (Wildman–Crippen MR) is 95.6 cm³/mol. The molecule has 0 unspecified atom stereocenters. The SMILES string of the molecule is CCCCN(CCCC)C(=O)C(=O)N(CC)c1cccc(C)c1. The third-order valence-electron chi connectivity index (χ3n) is 3.91. The minimum absolute atomic E-state index is 0.379. The second kappa shape index (κ2) is 10.0. The van der Waals surface area contributed by atoms with Crippen molar-refractivity contribution in [2.45, 2.75) is 53.4 Å². The van der Waals surface area contributed by atoms with Gasteiger partial charge in [-0.05, 0) is 44.4 Å². The lowest BCUT2D eigenvalue weighted by Gasteiger charge is -2.26. The summed E-state index contributed by atoms with van der Waals surface area (Å²) in [6, 6.07) is 7.72. The average Bonchev–Trinajstić information content (AvgIpc) is 2.55. The summed E-state index contributed by atoms with van der Waals surface area (Å²) in [6.45, 7) is 9.88. The molecule has 0 aliphatic rings. The molecule has 0 radical (unpaired) electrons. The van der Waals surface area contributed by atoms with Gasteiger partial charge in [-0.2, -0.15) is 0 Å². The van der Waals surface area contributed by atoms with Crippen LogP contribution in [0.25, 0.3) is 0 Å². The standard InChI is InChI=1S/C19H30N2O2/c1-5-8-13-20(14-9-6-2)18(22)19(23)21(7-3)17-12-10-11-16(4)15-17/h10-12,15H,5-9,13-14H2,1-4H3. The first-order valence-corrected chi connectivity index (χ1v) is 8.72. The van der Waals surface area contributed by atoms with Gasteiger partial charge in [0.15, 0.2) is 0 Å². The van der Waals surface area contributed by atoms with Crippen LogP contribution in [0.3, 0.4) is 0 Å². The lowest BCUT2D eigenvalue weighted by Crippen LogP contribution is -2.46. The smallest absolute Gasteiger partial charge is 0.316 e. The number of likely N-dealkylation sites (N-methyl/N-ethyl adjacent to an activating group) is 1. The van der Waals surface area contributed by atoms with Crippen LogP contribution in [0.1, 0.15) is 52.0 Å². The molecule has 0 N–H and O–H groups in total. The Morgan fingerprint density at radius 2 is 1.57 bits per heavy atom. The predicted octanol–water partition coefficient (Wildman–Crippen LogP) is 3.78. The van der Waals surface area contributed by atoms with Gasteiger partial charge in [0.1, 0.15) is 0 Å². The zero-order valence-electron chi connectivity index (χ0n) is 15.0. The second-order valence-electron chi connectivity index (χ2n) is 5.89. The normalized spacial score (nSPS) is 10.4. The third-order valence-corrected chi connectivity index (χ3v) is 3.91. The molecule has 0 aromatic heterocycles. The van der Waals surface area contributed by atoms with E-state index in [1.807, 2.05) is 38.1 Å². The Bertz CT molecular complexity index is 506. The van der Waals surface area contributed by atoms with E-state index in [4.69, 9.17) is 0 Å². The Morgan fingerprint density at radius 3 is 2.04 bits per heavy atom. The van der Waals surface area contributed by atoms with Gasteiger partial charge in [0.05, 0.1) is 0 Å². The maximum absolute atomic E-state index is 12.7. The van der Waals surface area contributed by atoms with Crippen molar-refractivity contribution >= 4 is 17.5 Å². The van der Waals surface area contributed by atoms with E-state index in [2.05, 4.69) is 13.8 Å². The highest BCUT2D eigenvalue weighted by Crippen LogP contribution is 2.17. The first-order valence-electron chi connectivity index (χ1n) is 8.72. The van der Waals surface area contributed by atoms with E-state index in [0.29, 0.717) is 19.6 Å². The highest BCUT2D eigenvalue weighted by Gasteiger charge is 2.26. The number of hydrogen-bond donors (Lipinski definition) is 0. The maximum atomic E-state index is 12.7. The van der Waals surface area contributed by atoms with Crippen molar-refractivity contribution in [3.8, 4) is 0 Å². The summed E-state index contributed by atoms with van der Waals surface area (Å²) in [5.74, 6) is -0.805. The number of nitrogens with zero attached hydrogens (tertiary/aromatic N) is 2. The Hall–Kier alpha value is -1.84. The van der Waals surface area contributed by atoms with E-state index in [1.54, 1.807) is 9.80 Å². The fraction of sp³-hybridized carbons (Fsp3) is 0.579.